The molecule has 12 heteroatoms. The number of benzene rings is 1. The van der Waals surface area contributed by atoms with E-state index in [1.807, 2.05) is 0 Å². The van der Waals surface area contributed by atoms with Crippen LogP contribution in [0.1, 0.15) is 0 Å². The zero-order valence-electron chi connectivity index (χ0n) is 16.6. The van der Waals surface area contributed by atoms with Crippen LogP contribution >= 0.6 is 0 Å². The molecule has 32 heavy (non-hydrogen) atoms. The molecule has 0 saturated carbocycles. The molecule has 4 heterocycles. The van der Waals surface area contributed by atoms with Crippen molar-refractivity contribution in [2.45, 2.75) is 5.03 Å². The number of anilines is 1. The van der Waals surface area contributed by atoms with Crippen LogP contribution in [0.25, 0.3) is 27.8 Å². The topological polar surface area (TPSA) is 128 Å². The molecule has 0 atom stereocenters. The Bertz CT molecular complexity index is 1690. The van der Waals surface area contributed by atoms with Crippen LogP contribution in [0.2, 0.25) is 0 Å². The molecule has 0 aliphatic carbocycles. The molecule has 0 amide bonds. The molecule has 0 aliphatic rings. The van der Waals surface area contributed by atoms with Gasteiger partial charge in [0.25, 0.3) is 0 Å². The standard InChI is InChI=1S/C20H16N6O4S2/c1-31(27,28)24-16-7-5-14(6-8-16)15-10-18-17(21-11-15)12-23-26(18)32(29,30)20-13-22-19-4-2-3-9-25(19)20/h2-13,24H,1H3. The van der Waals surface area contributed by atoms with Crippen LogP contribution in [0.5, 0.6) is 0 Å². The maximum atomic E-state index is 13.4. The number of aromatic nitrogens is 5. The summed E-state index contributed by atoms with van der Waals surface area (Å²) in [5, 5.41) is 4.05. The number of nitrogens with one attached hydrogen (secondary N) is 1. The van der Waals surface area contributed by atoms with Gasteiger partial charge < -0.3 is 0 Å². The molecule has 4 aromatic heterocycles. The third-order valence-corrected chi connectivity index (χ3v) is 6.97. The van der Waals surface area contributed by atoms with Crippen molar-refractivity contribution in [1.82, 2.24) is 23.6 Å². The van der Waals surface area contributed by atoms with E-state index in [4.69, 9.17) is 0 Å². The molecule has 1 N–H and O–H groups in total. The summed E-state index contributed by atoms with van der Waals surface area (Å²) in [4.78, 5) is 8.49. The highest BCUT2D eigenvalue weighted by Crippen LogP contribution is 2.26. The van der Waals surface area contributed by atoms with E-state index in [1.54, 1.807) is 60.9 Å². The Morgan fingerprint density at radius 1 is 0.875 bits per heavy atom. The minimum atomic E-state index is -4.04. The van der Waals surface area contributed by atoms with E-state index in [0.29, 0.717) is 27.9 Å². The number of hydrogen-bond acceptors (Lipinski definition) is 7. The van der Waals surface area contributed by atoms with Gasteiger partial charge in [0.05, 0.1) is 18.6 Å². The third-order valence-electron chi connectivity index (χ3n) is 4.78. The lowest BCUT2D eigenvalue weighted by molar-refractivity contribution is 0.577. The molecule has 0 fully saturated rings. The van der Waals surface area contributed by atoms with Crippen molar-refractivity contribution in [2.75, 3.05) is 11.0 Å². The molecule has 5 rings (SSSR count). The average Bonchev–Trinajstić information content (AvgIpc) is 3.38. The van der Waals surface area contributed by atoms with Crippen molar-refractivity contribution < 1.29 is 16.8 Å². The minimum absolute atomic E-state index is 0.0142. The number of sulfonamides is 1. The first-order chi connectivity index (χ1) is 15.2. The highest BCUT2D eigenvalue weighted by Gasteiger charge is 2.25. The Balaban J connectivity index is 1.59. The van der Waals surface area contributed by atoms with Crippen LogP contribution in [0.4, 0.5) is 5.69 Å². The zero-order chi connectivity index (χ0) is 22.5. The van der Waals surface area contributed by atoms with Crippen LogP contribution in [0, 0.1) is 0 Å². The lowest BCUT2D eigenvalue weighted by atomic mass is 10.1. The van der Waals surface area contributed by atoms with Crippen molar-refractivity contribution in [3.05, 3.63) is 73.3 Å². The van der Waals surface area contributed by atoms with Crippen molar-refractivity contribution in [3.8, 4) is 11.1 Å². The van der Waals surface area contributed by atoms with Crippen LogP contribution in [0.15, 0.2) is 78.3 Å². The normalized spacial score (nSPS) is 12.4. The van der Waals surface area contributed by atoms with Gasteiger partial charge in [0, 0.05) is 23.6 Å². The molecule has 0 unspecified atom stereocenters. The Morgan fingerprint density at radius 2 is 1.66 bits per heavy atom. The molecular weight excluding hydrogens is 452 g/mol. The minimum Gasteiger partial charge on any atom is -0.289 e. The van der Waals surface area contributed by atoms with E-state index in [9.17, 15) is 16.8 Å². The fourth-order valence-electron chi connectivity index (χ4n) is 3.37. The highest BCUT2D eigenvalue weighted by molar-refractivity contribution is 7.92. The lowest BCUT2D eigenvalue weighted by Crippen LogP contribution is -2.16. The highest BCUT2D eigenvalue weighted by atomic mass is 32.2. The molecule has 0 saturated heterocycles. The Hall–Kier alpha value is -3.77. The first-order valence-corrected chi connectivity index (χ1v) is 12.7. The fourth-order valence-corrected chi connectivity index (χ4v) is 5.28. The van der Waals surface area contributed by atoms with Crippen molar-refractivity contribution in [3.63, 3.8) is 0 Å². The lowest BCUT2D eigenvalue weighted by Gasteiger charge is -2.08. The van der Waals surface area contributed by atoms with Crippen LogP contribution in [0.3, 0.4) is 0 Å². The summed E-state index contributed by atoms with van der Waals surface area (Å²) in [6.07, 6.45) is 6.98. The van der Waals surface area contributed by atoms with Gasteiger partial charge in [0.2, 0.25) is 10.0 Å². The molecule has 0 radical (unpaired) electrons. The van der Waals surface area contributed by atoms with E-state index in [-0.39, 0.29) is 5.03 Å². The fraction of sp³-hybridized carbons (Fsp3) is 0.0500. The molecule has 0 aliphatic heterocycles. The van der Waals surface area contributed by atoms with Gasteiger partial charge in [-0.15, -0.1) is 0 Å². The number of nitrogens with zero attached hydrogens (tertiary/aromatic N) is 5. The molecule has 0 spiro atoms. The smallest absolute Gasteiger partial charge is 0.289 e. The summed E-state index contributed by atoms with van der Waals surface area (Å²) in [5.74, 6) is 0. The summed E-state index contributed by atoms with van der Waals surface area (Å²) in [7, 11) is -7.43. The number of pyridine rings is 2. The third kappa shape index (κ3) is 3.48. The molecule has 1 aromatic carbocycles. The molecular formula is C20H16N6O4S2. The second-order valence-corrected chi connectivity index (χ2v) is 10.6. The Kier molecular flexibility index (Phi) is 4.50. The molecule has 5 aromatic rings. The quantitative estimate of drug-likeness (QED) is 0.419. The zero-order valence-corrected chi connectivity index (χ0v) is 18.2. The summed E-state index contributed by atoms with van der Waals surface area (Å²) in [5.41, 5.74) is 3.04. The van der Waals surface area contributed by atoms with Gasteiger partial charge in [0.15, 0.2) is 5.03 Å². The first-order valence-electron chi connectivity index (χ1n) is 9.32. The first kappa shape index (κ1) is 20.2. The van der Waals surface area contributed by atoms with Gasteiger partial charge in [-0.25, -0.2) is 13.4 Å². The Labute approximate surface area is 183 Å². The second kappa shape index (κ2) is 7.14. The van der Waals surface area contributed by atoms with E-state index in [1.165, 1.54) is 16.8 Å². The number of hydrogen-bond donors (Lipinski definition) is 1. The average molecular weight is 469 g/mol. The van der Waals surface area contributed by atoms with Crippen molar-refractivity contribution >= 4 is 42.4 Å². The second-order valence-electron chi connectivity index (χ2n) is 7.10. The van der Waals surface area contributed by atoms with Crippen LogP contribution in [-0.2, 0) is 20.0 Å². The van der Waals surface area contributed by atoms with Gasteiger partial charge in [-0.05, 0) is 35.9 Å². The number of imidazole rings is 1. The van der Waals surface area contributed by atoms with Crippen molar-refractivity contribution in [1.29, 1.82) is 0 Å². The van der Waals surface area contributed by atoms with E-state index < -0.39 is 20.0 Å². The largest absolute Gasteiger partial charge is 0.301 e. The molecule has 0 bridgehead atoms. The van der Waals surface area contributed by atoms with Crippen LogP contribution < -0.4 is 4.72 Å². The summed E-state index contributed by atoms with van der Waals surface area (Å²) >= 11 is 0. The van der Waals surface area contributed by atoms with E-state index in [2.05, 4.69) is 19.8 Å². The van der Waals surface area contributed by atoms with Crippen molar-refractivity contribution in [2.24, 2.45) is 0 Å². The molecule has 10 nitrogen and oxygen atoms in total. The predicted octanol–water partition coefficient (Wildman–Crippen LogP) is 2.35. The Morgan fingerprint density at radius 3 is 2.41 bits per heavy atom. The maximum Gasteiger partial charge on any atom is 0.301 e. The van der Waals surface area contributed by atoms with Gasteiger partial charge in [-0.2, -0.15) is 17.6 Å². The number of fused-ring (bicyclic) bond motifs is 2. The molecule has 162 valence electrons. The van der Waals surface area contributed by atoms with Gasteiger partial charge in [0.1, 0.15) is 16.7 Å². The van der Waals surface area contributed by atoms with Gasteiger partial charge in [-0.1, -0.05) is 18.2 Å². The summed E-state index contributed by atoms with van der Waals surface area (Å²) in [6, 6.07) is 13.6. The van der Waals surface area contributed by atoms with E-state index >= 15 is 0 Å². The maximum absolute atomic E-state index is 13.4. The predicted molar refractivity (Wildman–Crippen MR) is 119 cm³/mol. The van der Waals surface area contributed by atoms with E-state index in [0.717, 1.165) is 15.9 Å². The number of rotatable bonds is 5. The van der Waals surface area contributed by atoms with Crippen LogP contribution in [-0.4, -0.2) is 46.6 Å². The van der Waals surface area contributed by atoms with Gasteiger partial charge in [-0.3, -0.25) is 14.1 Å². The SMILES string of the molecule is CS(=O)(=O)Nc1ccc(-c2cnc3cnn(S(=O)(=O)c4cnc5ccccn45)c3c2)cc1. The monoisotopic (exact) mass is 468 g/mol. The summed E-state index contributed by atoms with van der Waals surface area (Å²) in [6.45, 7) is 0. The van der Waals surface area contributed by atoms with Gasteiger partial charge >= 0.3 is 10.0 Å². The summed E-state index contributed by atoms with van der Waals surface area (Å²) < 4.78 is 54.3.